The van der Waals surface area contributed by atoms with Gasteiger partial charge in [0.1, 0.15) is 6.54 Å². The maximum absolute atomic E-state index is 12.7. The fourth-order valence-electron chi connectivity index (χ4n) is 3.33. The first-order valence-electron chi connectivity index (χ1n) is 10.5. The van der Waals surface area contributed by atoms with E-state index in [4.69, 9.17) is 9.47 Å². The van der Waals surface area contributed by atoms with E-state index in [0.717, 1.165) is 12.8 Å². The molecule has 0 aromatic heterocycles. The van der Waals surface area contributed by atoms with Crippen LogP contribution in [0.5, 0.6) is 0 Å². The molecule has 1 aromatic rings. The van der Waals surface area contributed by atoms with Crippen LogP contribution in [0.15, 0.2) is 35.5 Å². The number of unbranched alkanes of at least 4 members (excludes halogenated alkanes) is 1. The first-order chi connectivity index (χ1) is 15.3. The minimum Gasteiger partial charge on any atom is -0.466 e. The molecule has 0 bridgehead atoms. The van der Waals surface area contributed by atoms with Gasteiger partial charge in [-0.15, -0.1) is 0 Å². The quantitative estimate of drug-likeness (QED) is 0.501. The average Bonchev–Trinajstić information content (AvgIpc) is 2.77. The lowest BCUT2D eigenvalue weighted by molar-refractivity contribution is -0.141. The number of allylic oxidation sites excluding steroid dienone is 1. The standard InChI is InChI=1S/C22H30N4O6/c1-5-7-11-26-14(3)18(20(28)31-4)19(25-22(26)30)15-9-8-10-16(12-15)24-21(29)23-13-17(27)32-6-2/h8-10,12,19H,5-7,11,13H2,1-4H3,(H,25,30)(H2,23,24,29). The van der Waals surface area contributed by atoms with Crippen molar-refractivity contribution in [3.63, 3.8) is 0 Å². The predicted molar refractivity (Wildman–Crippen MR) is 118 cm³/mol. The minimum absolute atomic E-state index is 0.225. The number of esters is 2. The number of benzene rings is 1. The number of hydrogen-bond acceptors (Lipinski definition) is 6. The number of anilines is 1. The van der Waals surface area contributed by atoms with Crippen molar-refractivity contribution < 1.29 is 28.7 Å². The second kappa shape index (κ2) is 11.7. The Kier molecular flexibility index (Phi) is 9.06. The third kappa shape index (κ3) is 6.22. The number of carbonyl (C=O) groups excluding carboxylic acids is 4. The van der Waals surface area contributed by atoms with E-state index in [0.29, 0.717) is 29.1 Å². The Morgan fingerprint density at radius 2 is 1.97 bits per heavy atom. The second-order valence-corrected chi connectivity index (χ2v) is 7.12. The smallest absolute Gasteiger partial charge is 0.337 e. The molecule has 1 aliphatic heterocycles. The largest absolute Gasteiger partial charge is 0.466 e. The summed E-state index contributed by atoms with van der Waals surface area (Å²) in [6, 6.07) is 5.10. The molecule has 10 heteroatoms. The number of amides is 4. The predicted octanol–water partition coefficient (Wildman–Crippen LogP) is 2.68. The lowest BCUT2D eigenvalue weighted by Gasteiger charge is -2.35. The second-order valence-electron chi connectivity index (χ2n) is 7.12. The first kappa shape index (κ1) is 24.7. The van der Waals surface area contributed by atoms with Gasteiger partial charge in [-0.3, -0.25) is 9.69 Å². The zero-order valence-corrected chi connectivity index (χ0v) is 18.8. The van der Waals surface area contributed by atoms with Crippen molar-refractivity contribution >= 4 is 29.7 Å². The molecule has 1 heterocycles. The van der Waals surface area contributed by atoms with Crippen molar-refractivity contribution in [2.24, 2.45) is 0 Å². The van der Waals surface area contributed by atoms with Crippen molar-refractivity contribution in [1.29, 1.82) is 0 Å². The van der Waals surface area contributed by atoms with Crippen molar-refractivity contribution in [2.75, 3.05) is 32.1 Å². The van der Waals surface area contributed by atoms with Gasteiger partial charge in [-0.25, -0.2) is 14.4 Å². The number of urea groups is 2. The molecule has 0 radical (unpaired) electrons. The van der Waals surface area contributed by atoms with Crippen LogP contribution in [0.2, 0.25) is 0 Å². The van der Waals surface area contributed by atoms with Gasteiger partial charge in [-0.05, 0) is 38.0 Å². The third-order valence-corrected chi connectivity index (χ3v) is 4.91. The number of rotatable bonds is 9. The van der Waals surface area contributed by atoms with Gasteiger partial charge < -0.3 is 25.4 Å². The lowest BCUT2D eigenvalue weighted by Crippen LogP contribution is -2.48. The van der Waals surface area contributed by atoms with Crippen LogP contribution in [0.25, 0.3) is 0 Å². The number of nitrogens with zero attached hydrogens (tertiary/aromatic N) is 1. The highest BCUT2D eigenvalue weighted by atomic mass is 16.5. The maximum atomic E-state index is 12.7. The molecule has 3 N–H and O–H groups in total. The van der Waals surface area contributed by atoms with Gasteiger partial charge >= 0.3 is 24.0 Å². The summed E-state index contributed by atoms with van der Waals surface area (Å²) in [7, 11) is 1.29. The average molecular weight is 447 g/mol. The molecular weight excluding hydrogens is 416 g/mol. The number of ether oxygens (including phenoxy) is 2. The summed E-state index contributed by atoms with van der Waals surface area (Å²) in [5.41, 5.74) is 1.88. The molecule has 0 aliphatic carbocycles. The van der Waals surface area contributed by atoms with Crippen LogP contribution in [0.1, 0.15) is 45.2 Å². The Hall–Kier alpha value is -3.56. The van der Waals surface area contributed by atoms with Crippen molar-refractivity contribution in [3.8, 4) is 0 Å². The van der Waals surface area contributed by atoms with Crippen LogP contribution < -0.4 is 16.0 Å². The van der Waals surface area contributed by atoms with Gasteiger partial charge in [0.05, 0.1) is 25.3 Å². The number of hydrogen-bond donors (Lipinski definition) is 3. The summed E-state index contributed by atoms with van der Waals surface area (Å²) in [5, 5.41) is 7.89. The highest BCUT2D eigenvalue weighted by Gasteiger charge is 2.36. The fourth-order valence-corrected chi connectivity index (χ4v) is 3.33. The highest BCUT2D eigenvalue weighted by molar-refractivity contribution is 5.95. The Labute approximate surface area is 187 Å². The molecule has 1 atom stereocenters. The SMILES string of the molecule is CCCCN1C(=O)NC(c2cccc(NC(=O)NCC(=O)OCC)c2)C(C(=O)OC)=C1C. The van der Waals surface area contributed by atoms with Gasteiger partial charge in [0.15, 0.2) is 0 Å². The van der Waals surface area contributed by atoms with Crippen LogP contribution in [-0.2, 0) is 19.1 Å². The summed E-state index contributed by atoms with van der Waals surface area (Å²) >= 11 is 0. The molecule has 1 unspecified atom stereocenters. The van der Waals surface area contributed by atoms with E-state index in [1.165, 1.54) is 12.0 Å². The summed E-state index contributed by atoms with van der Waals surface area (Å²) in [5.74, 6) is -1.09. The molecule has 32 heavy (non-hydrogen) atoms. The molecular formula is C22H30N4O6. The van der Waals surface area contributed by atoms with Crippen LogP contribution in [0.4, 0.5) is 15.3 Å². The summed E-state index contributed by atoms with van der Waals surface area (Å²) in [6.07, 6.45) is 1.70. The van der Waals surface area contributed by atoms with E-state index >= 15 is 0 Å². The Bertz CT molecular complexity index is 898. The Morgan fingerprint density at radius 3 is 2.62 bits per heavy atom. The van der Waals surface area contributed by atoms with E-state index in [2.05, 4.69) is 16.0 Å². The first-order valence-corrected chi connectivity index (χ1v) is 10.5. The fraction of sp³-hybridized carbons (Fsp3) is 0.455. The van der Waals surface area contributed by atoms with Crippen LogP contribution in [-0.4, -0.2) is 55.7 Å². The summed E-state index contributed by atoms with van der Waals surface area (Å²) < 4.78 is 9.74. The van der Waals surface area contributed by atoms with Crippen molar-refractivity contribution in [3.05, 3.63) is 41.1 Å². The highest BCUT2D eigenvalue weighted by Crippen LogP contribution is 2.32. The van der Waals surface area contributed by atoms with E-state index in [1.807, 2.05) is 6.92 Å². The molecule has 4 amide bonds. The topological polar surface area (TPSA) is 126 Å². The van der Waals surface area contributed by atoms with Crippen molar-refractivity contribution in [1.82, 2.24) is 15.5 Å². The van der Waals surface area contributed by atoms with Gasteiger partial charge in [-0.2, -0.15) is 0 Å². The van der Waals surface area contributed by atoms with E-state index in [9.17, 15) is 19.2 Å². The van der Waals surface area contributed by atoms with Gasteiger partial charge in [0.25, 0.3) is 0 Å². The minimum atomic E-state index is -0.739. The molecule has 10 nitrogen and oxygen atoms in total. The maximum Gasteiger partial charge on any atom is 0.337 e. The van der Waals surface area contributed by atoms with Gasteiger partial charge in [0, 0.05) is 17.9 Å². The molecule has 0 saturated carbocycles. The van der Waals surface area contributed by atoms with Crippen LogP contribution in [0.3, 0.4) is 0 Å². The number of methoxy groups -OCH3 is 1. The van der Waals surface area contributed by atoms with Gasteiger partial charge in [0.2, 0.25) is 0 Å². The normalized spacial score (nSPS) is 15.7. The van der Waals surface area contributed by atoms with Crippen molar-refractivity contribution in [2.45, 2.75) is 39.7 Å². The number of nitrogens with one attached hydrogen (secondary N) is 3. The van der Waals surface area contributed by atoms with E-state index in [-0.39, 0.29) is 19.2 Å². The third-order valence-electron chi connectivity index (χ3n) is 4.91. The number of carbonyl (C=O) groups is 4. The summed E-state index contributed by atoms with van der Waals surface area (Å²) in [4.78, 5) is 50.3. The monoisotopic (exact) mass is 446 g/mol. The molecule has 1 aliphatic rings. The van der Waals surface area contributed by atoms with E-state index in [1.54, 1.807) is 38.1 Å². The van der Waals surface area contributed by atoms with Gasteiger partial charge in [-0.1, -0.05) is 25.5 Å². The molecule has 1 aromatic carbocycles. The molecule has 0 spiro atoms. The molecule has 174 valence electrons. The molecule has 2 rings (SSSR count). The van der Waals surface area contributed by atoms with E-state index < -0.39 is 24.0 Å². The van der Waals surface area contributed by atoms with Crippen LogP contribution >= 0.6 is 0 Å². The lowest BCUT2D eigenvalue weighted by atomic mass is 9.94. The molecule has 0 saturated heterocycles. The summed E-state index contributed by atoms with van der Waals surface area (Å²) in [6.45, 7) is 5.87. The van der Waals surface area contributed by atoms with Crippen LogP contribution in [0, 0.1) is 0 Å². The Morgan fingerprint density at radius 1 is 1.22 bits per heavy atom. The zero-order valence-electron chi connectivity index (χ0n) is 18.8. The zero-order chi connectivity index (χ0) is 23.7. The Balaban J connectivity index is 2.25. The molecule has 0 fully saturated rings.